The van der Waals surface area contributed by atoms with E-state index in [1.165, 1.54) is 21.3 Å². The van der Waals surface area contributed by atoms with Crippen molar-refractivity contribution >= 4 is 11.8 Å². The first kappa shape index (κ1) is 16.0. The second-order valence-corrected chi connectivity index (χ2v) is 3.92. The van der Waals surface area contributed by atoms with E-state index in [9.17, 15) is 9.59 Å². The molecular formula is C14H18O6. The van der Waals surface area contributed by atoms with Gasteiger partial charge in [0.2, 0.25) is 0 Å². The third kappa shape index (κ3) is 4.55. The average Bonchev–Trinajstić information content (AvgIpc) is 2.49. The minimum Gasteiger partial charge on any atom is -0.493 e. The van der Waals surface area contributed by atoms with E-state index in [0.717, 1.165) is 0 Å². The lowest BCUT2D eigenvalue weighted by Crippen LogP contribution is -2.07. The van der Waals surface area contributed by atoms with Crippen LogP contribution in [0.2, 0.25) is 0 Å². The number of hydrogen-bond donors (Lipinski definition) is 0. The Morgan fingerprint density at radius 3 is 2.40 bits per heavy atom. The average molecular weight is 282 g/mol. The van der Waals surface area contributed by atoms with E-state index < -0.39 is 5.97 Å². The number of carbonyl (C=O) groups excluding carboxylic acids is 2. The van der Waals surface area contributed by atoms with E-state index >= 15 is 0 Å². The summed E-state index contributed by atoms with van der Waals surface area (Å²) < 4.78 is 19.7. The number of esters is 1. The lowest BCUT2D eigenvalue weighted by atomic mass is 10.1. The molecule has 0 fully saturated rings. The molecule has 1 rings (SSSR count). The summed E-state index contributed by atoms with van der Waals surface area (Å²) in [5.41, 5.74) is 0.454. The van der Waals surface area contributed by atoms with Gasteiger partial charge in [0.15, 0.2) is 24.1 Å². The number of Topliss-reactive ketones (excluding diaryl/α,β-unsaturated/α-hetero) is 1. The molecule has 110 valence electrons. The van der Waals surface area contributed by atoms with Gasteiger partial charge in [-0.25, -0.2) is 0 Å². The van der Waals surface area contributed by atoms with E-state index in [1.54, 1.807) is 18.2 Å². The largest absolute Gasteiger partial charge is 0.493 e. The van der Waals surface area contributed by atoms with Crippen LogP contribution in [0.15, 0.2) is 18.2 Å². The Morgan fingerprint density at radius 2 is 1.80 bits per heavy atom. The maximum atomic E-state index is 11.9. The van der Waals surface area contributed by atoms with Crippen LogP contribution < -0.4 is 9.47 Å². The lowest BCUT2D eigenvalue weighted by molar-refractivity contribution is -0.140. The third-order valence-electron chi connectivity index (χ3n) is 2.60. The zero-order valence-corrected chi connectivity index (χ0v) is 11.8. The monoisotopic (exact) mass is 282 g/mol. The Kier molecular flexibility index (Phi) is 6.52. The van der Waals surface area contributed by atoms with Gasteiger partial charge < -0.3 is 18.9 Å². The Labute approximate surface area is 117 Å². The number of carbonyl (C=O) groups is 2. The van der Waals surface area contributed by atoms with E-state index in [0.29, 0.717) is 17.1 Å². The van der Waals surface area contributed by atoms with E-state index in [1.807, 2.05) is 0 Å². The third-order valence-corrected chi connectivity index (χ3v) is 2.60. The maximum Gasteiger partial charge on any atom is 0.305 e. The van der Waals surface area contributed by atoms with Gasteiger partial charge in [-0.1, -0.05) is 0 Å². The molecule has 0 bridgehead atoms. The van der Waals surface area contributed by atoms with Crippen molar-refractivity contribution < 1.29 is 28.5 Å². The highest BCUT2D eigenvalue weighted by Crippen LogP contribution is 2.28. The smallest absolute Gasteiger partial charge is 0.305 e. The topological polar surface area (TPSA) is 71.1 Å². The normalized spacial score (nSPS) is 9.95. The summed E-state index contributed by atoms with van der Waals surface area (Å²) in [7, 11) is 4.28. The predicted octanol–water partition coefficient (Wildman–Crippen LogP) is 1.81. The second-order valence-electron chi connectivity index (χ2n) is 3.92. The number of methoxy groups -OCH3 is 3. The summed E-state index contributed by atoms with van der Waals surface area (Å²) in [4.78, 5) is 22.9. The molecule has 0 aliphatic carbocycles. The van der Waals surface area contributed by atoms with Crippen molar-refractivity contribution in [2.75, 3.05) is 28.1 Å². The van der Waals surface area contributed by atoms with Gasteiger partial charge in [0.1, 0.15) is 0 Å². The number of hydrogen-bond acceptors (Lipinski definition) is 6. The Balaban J connectivity index is 2.75. The quantitative estimate of drug-likeness (QED) is 0.411. The van der Waals surface area contributed by atoms with E-state index in [2.05, 4.69) is 4.74 Å². The van der Waals surface area contributed by atoms with Gasteiger partial charge in [-0.15, -0.1) is 0 Å². The molecular weight excluding hydrogens is 264 g/mol. The van der Waals surface area contributed by atoms with Crippen molar-refractivity contribution in [1.29, 1.82) is 0 Å². The molecule has 0 saturated carbocycles. The standard InChI is InChI=1S/C14H18O6/c1-17-9-20-12-6-4-10(8-13(12)18-2)11(15)5-7-14(16)19-3/h4,6,8H,5,7,9H2,1-3H3. The molecule has 6 heteroatoms. The molecule has 0 radical (unpaired) electrons. The SMILES string of the molecule is COCOc1ccc(C(=O)CCC(=O)OC)cc1OC. The molecule has 1 aromatic rings. The number of ether oxygens (including phenoxy) is 4. The first-order chi connectivity index (χ1) is 9.62. The summed E-state index contributed by atoms with van der Waals surface area (Å²) in [5, 5.41) is 0. The number of benzene rings is 1. The highest BCUT2D eigenvalue weighted by molar-refractivity contribution is 5.98. The molecule has 0 N–H and O–H groups in total. The summed E-state index contributed by atoms with van der Waals surface area (Å²) in [6.07, 6.45) is 0.147. The molecule has 0 saturated heterocycles. The fourth-order valence-electron chi connectivity index (χ4n) is 1.54. The minimum atomic E-state index is -0.412. The molecule has 0 aromatic heterocycles. The molecule has 1 aromatic carbocycles. The molecule has 0 atom stereocenters. The van der Waals surface area contributed by atoms with Crippen LogP contribution in [0.3, 0.4) is 0 Å². The van der Waals surface area contributed by atoms with Crippen molar-refractivity contribution in [3.8, 4) is 11.5 Å². The molecule has 6 nitrogen and oxygen atoms in total. The van der Waals surface area contributed by atoms with Gasteiger partial charge in [-0.3, -0.25) is 9.59 Å². The molecule has 0 spiro atoms. The molecule has 0 unspecified atom stereocenters. The highest BCUT2D eigenvalue weighted by atomic mass is 16.7. The molecule has 0 amide bonds. The number of rotatable bonds is 8. The fraction of sp³-hybridized carbons (Fsp3) is 0.429. The second kappa shape index (κ2) is 8.16. The van der Waals surface area contributed by atoms with Crippen molar-refractivity contribution in [3.63, 3.8) is 0 Å². The van der Waals surface area contributed by atoms with Gasteiger partial charge >= 0.3 is 5.97 Å². The van der Waals surface area contributed by atoms with Crippen molar-refractivity contribution in [2.45, 2.75) is 12.8 Å². The maximum absolute atomic E-state index is 11.9. The lowest BCUT2D eigenvalue weighted by Gasteiger charge is -2.11. The van der Waals surface area contributed by atoms with Gasteiger partial charge in [0.25, 0.3) is 0 Å². The Morgan fingerprint density at radius 1 is 1.05 bits per heavy atom. The molecule has 20 heavy (non-hydrogen) atoms. The fourth-order valence-corrected chi connectivity index (χ4v) is 1.54. The van der Waals surface area contributed by atoms with Crippen LogP contribution in [0.25, 0.3) is 0 Å². The minimum absolute atomic E-state index is 0.0551. The van der Waals surface area contributed by atoms with Gasteiger partial charge in [0, 0.05) is 19.1 Å². The van der Waals surface area contributed by atoms with Gasteiger partial charge in [-0.2, -0.15) is 0 Å². The Hall–Kier alpha value is -2.08. The van der Waals surface area contributed by atoms with Crippen LogP contribution in [0, 0.1) is 0 Å². The summed E-state index contributed by atoms with van der Waals surface area (Å²) in [6, 6.07) is 4.82. The highest BCUT2D eigenvalue weighted by Gasteiger charge is 2.13. The van der Waals surface area contributed by atoms with Crippen LogP contribution in [0.4, 0.5) is 0 Å². The predicted molar refractivity (Wildman–Crippen MR) is 71.1 cm³/mol. The summed E-state index contributed by atoms with van der Waals surface area (Å²) in [6.45, 7) is 0.0893. The Bertz CT molecular complexity index is 469. The summed E-state index contributed by atoms with van der Waals surface area (Å²) >= 11 is 0. The van der Waals surface area contributed by atoms with Gasteiger partial charge in [0.05, 0.1) is 20.6 Å². The van der Waals surface area contributed by atoms with Crippen LogP contribution in [0.1, 0.15) is 23.2 Å². The summed E-state index contributed by atoms with van der Waals surface area (Å²) in [5.74, 6) is 0.349. The van der Waals surface area contributed by atoms with Crippen LogP contribution in [-0.2, 0) is 14.3 Å². The van der Waals surface area contributed by atoms with Crippen LogP contribution in [0.5, 0.6) is 11.5 Å². The van der Waals surface area contributed by atoms with E-state index in [-0.39, 0.29) is 25.4 Å². The first-order valence-corrected chi connectivity index (χ1v) is 6.02. The zero-order chi connectivity index (χ0) is 15.0. The van der Waals surface area contributed by atoms with Crippen molar-refractivity contribution in [2.24, 2.45) is 0 Å². The molecule has 0 aliphatic rings. The number of ketones is 1. The van der Waals surface area contributed by atoms with Crippen molar-refractivity contribution in [3.05, 3.63) is 23.8 Å². The van der Waals surface area contributed by atoms with Gasteiger partial charge in [-0.05, 0) is 18.2 Å². The zero-order valence-electron chi connectivity index (χ0n) is 11.8. The first-order valence-electron chi connectivity index (χ1n) is 6.02. The molecule has 0 heterocycles. The van der Waals surface area contributed by atoms with Crippen LogP contribution >= 0.6 is 0 Å². The molecule has 0 aliphatic heterocycles. The van der Waals surface area contributed by atoms with E-state index in [4.69, 9.17) is 14.2 Å². The van der Waals surface area contributed by atoms with Crippen LogP contribution in [-0.4, -0.2) is 39.9 Å². The van der Waals surface area contributed by atoms with Crippen molar-refractivity contribution in [1.82, 2.24) is 0 Å².